The Kier molecular flexibility index (Phi) is 6.53. The average Bonchev–Trinajstić information content (AvgIpc) is 2.34. The summed E-state index contributed by atoms with van der Waals surface area (Å²) in [6.07, 6.45) is -4.35. The zero-order chi connectivity index (χ0) is 14.3. The van der Waals surface area contributed by atoms with Gasteiger partial charge in [0.05, 0.1) is 6.54 Å². The van der Waals surface area contributed by atoms with Crippen LogP contribution in [-0.4, -0.2) is 81.3 Å². The standard InChI is InChI=1S/C11H21F3N4O/c1-17(6-7-18-4-2-15-3-5-18)8-10(19)16-9-11(12,13)14/h15H,2-9H2,1H3,(H,16,19). The van der Waals surface area contributed by atoms with Crippen LogP contribution in [0.4, 0.5) is 13.2 Å². The van der Waals surface area contributed by atoms with Crippen LogP contribution in [0.1, 0.15) is 0 Å². The Morgan fingerprint density at radius 1 is 1.37 bits per heavy atom. The van der Waals surface area contributed by atoms with Crippen LogP contribution >= 0.6 is 0 Å². The van der Waals surface area contributed by atoms with Gasteiger partial charge in [-0.1, -0.05) is 0 Å². The lowest BCUT2D eigenvalue weighted by molar-refractivity contribution is -0.138. The van der Waals surface area contributed by atoms with Crippen molar-refractivity contribution >= 4 is 5.91 Å². The number of likely N-dealkylation sites (N-methyl/N-ethyl adjacent to an activating group) is 1. The predicted molar refractivity (Wildman–Crippen MR) is 65.9 cm³/mol. The van der Waals surface area contributed by atoms with Crippen molar-refractivity contribution in [1.82, 2.24) is 20.4 Å². The van der Waals surface area contributed by atoms with Crippen molar-refractivity contribution in [1.29, 1.82) is 0 Å². The summed E-state index contributed by atoms with van der Waals surface area (Å²) in [6, 6.07) is 0. The molecule has 0 spiro atoms. The first-order valence-electron chi connectivity index (χ1n) is 6.32. The van der Waals surface area contributed by atoms with Gasteiger partial charge in [0.1, 0.15) is 6.54 Å². The van der Waals surface area contributed by atoms with Crippen molar-refractivity contribution < 1.29 is 18.0 Å². The third kappa shape index (κ3) is 8.02. The molecule has 1 fully saturated rings. The van der Waals surface area contributed by atoms with Crippen LogP contribution in [-0.2, 0) is 4.79 Å². The van der Waals surface area contributed by atoms with Crippen molar-refractivity contribution in [3.8, 4) is 0 Å². The summed E-state index contributed by atoms with van der Waals surface area (Å²) in [5, 5.41) is 5.10. The second kappa shape index (κ2) is 7.66. The van der Waals surface area contributed by atoms with Gasteiger partial charge in [-0.2, -0.15) is 13.2 Å². The molecule has 5 nitrogen and oxygen atoms in total. The molecular formula is C11H21F3N4O. The fourth-order valence-electron chi connectivity index (χ4n) is 1.83. The second-order valence-corrected chi connectivity index (χ2v) is 4.72. The van der Waals surface area contributed by atoms with Crippen molar-refractivity contribution in [3.05, 3.63) is 0 Å². The quantitative estimate of drug-likeness (QED) is 0.690. The molecule has 1 heterocycles. The van der Waals surface area contributed by atoms with Crippen LogP contribution in [0.5, 0.6) is 0 Å². The first-order valence-corrected chi connectivity index (χ1v) is 6.32. The zero-order valence-corrected chi connectivity index (χ0v) is 11.1. The third-order valence-electron chi connectivity index (χ3n) is 2.91. The highest BCUT2D eigenvalue weighted by Gasteiger charge is 2.27. The van der Waals surface area contributed by atoms with Crippen molar-refractivity contribution in [2.75, 3.05) is 59.4 Å². The van der Waals surface area contributed by atoms with Gasteiger partial charge in [0, 0.05) is 39.3 Å². The van der Waals surface area contributed by atoms with Gasteiger partial charge in [-0.3, -0.25) is 14.6 Å². The number of nitrogens with one attached hydrogen (secondary N) is 2. The molecule has 1 saturated heterocycles. The highest BCUT2D eigenvalue weighted by molar-refractivity contribution is 5.77. The maximum Gasteiger partial charge on any atom is 0.405 e. The number of carbonyl (C=O) groups is 1. The van der Waals surface area contributed by atoms with Gasteiger partial charge in [-0.15, -0.1) is 0 Å². The van der Waals surface area contributed by atoms with Gasteiger partial charge in [0.15, 0.2) is 0 Å². The van der Waals surface area contributed by atoms with E-state index in [2.05, 4.69) is 10.2 Å². The number of halogens is 3. The molecule has 1 amide bonds. The lowest BCUT2D eigenvalue weighted by Crippen LogP contribution is -2.47. The van der Waals surface area contributed by atoms with E-state index >= 15 is 0 Å². The smallest absolute Gasteiger partial charge is 0.346 e. The summed E-state index contributed by atoms with van der Waals surface area (Å²) in [4.78, 5) is 15.3. The molecule has 19 heavy (non-hydrogen) atoms. The minimum Gasteiger partial charge on any atom is -0.346 e. The number of piperazine rings is 1. The molecule has 0 aliphatic carbocycles. The van der Waals surface area contributed by atoms with Crippen molar-refractivity contribution in [2.24, 2.45) is 0 Å². The summed E-state index contributed by atoms with van der Waals surface area (Å²) >= 11 is 0. The molecule has 0 aromatic carbocycles. The fraction of sp³-hybridized carbons (Fsp3) is 0.909. The molecule has 0 saturated carbocycles. The third-order valence-corrected chi connectivity index (χ3v) is 2.91. The number of hydrogen-bond acceptors (Lipinski definition) is 4. The Hall–Kier alpha value is -0.860. The van der Waals surface area contributed by atoms with Gasteiger partial charge in [0.2, 0.25) is 5.91 Å². The summed E-state index contributed by atoms with van der Waals surface area (Å²) in [7, 11) is 1.73. The van der Waals surface area contributed by atoms with Crippen molar-refractivity contribution in [3.63, 3.8) is 0 Å². The maximum absolute atomic E-state index is 11.9. The van der Waals surface area contributed by atoms with Crippen LogP contribution in [0.2, 0.25) is 0 Å². The summed E-state index contributed by atoms with van der Waals surface area (Å²) in [5.41, 5.74) is 0. The maximum atomic E-state index is 11.9. The van der Waals surface area contributed by atoms with Gasteiger partial charge in [-0.05, 0) is 7.05 Å². The monoisotopic (exact) mass is 282 g/mol. The molecule has 1 rings (SSSR count). The molecule has 0 unspecified atom stereocenters. The van der Waals surface area contributed by atoms with E-state index in [0.717, 1.165) is 32.7 Å². The van der Waals surface area contributed by atoms with Crippen LogP contribution in [0.15, 0.2) is 0 Å². The summed E-state index contributed by atoms with van der Waals surface area (Å²) in [6.45, 7) is 4.05. The van der Waals surface area contributed by atoms with Crippen LogP contribution in [0.25, 0.3) is 0 Å². The van der Waals surface area contributed by atoms with Crippen molar-refractivity contribution in [2.45, 2.75) is 6.18 Å². The highest BCUT2D eigenvalue weighted by atomic mass is 19.4. The van der Waals surface area contributed by atoms with Gasteiger partial charge in [-0.25, -0.2) is 0 Å². The SMILES string of the molecule is CN(CCN1CCNCC1)CC(=O)NCC(F)(F)F. The van der Waals surface area contributed by atoms with E-state index < -0.39 is 18.6 Å². The van der Waals surface area contributed by atoms with Crippen LogP contribution in [0, 0.1) is 0 Å². The molecule has 8 heteroatoms. The van der Waals surface area contributed by atoms with Gasteiger partial charge < -0.3 is 10.6 Å². The van der Waals surface area contributed by atoms with E-state index in [1.54, 1.807) is 11.9 Å². The molecule has 0 aromatic heterocycles. The van der Waals surface area contributed by atoms with Gasteiger partial charge in [0.25, 0.3) is 0 Å². The summed E-state index contributed by atoms with van der Waals surface area (Å²) in [5.74, 6) is -0.597. The predicted octanol–water partition coefficient (Wildman–Crippen LogP) is -0.498. The number of alkyl halides is 3. The first kappa shape index (κ1) is 16.2. The summed E-state index contributed by atoms with van der Waals surface area (Å²) < 4.78 is 35.7. The van der Waals surface area contributed by atoms with E-state index in [1.807, 2.05) is 5.32 Å². The Morgan fingerprint density at radius 3 is 2.58 bits per heavy atom. The highest BCUT2D eigenvalue weighted by Crippen LogP contribution is 2.11. The lowest BCUT2D eigenvalue weighted by Gasteiger charge is -2.28. The Balaban J connectivity index is 2.12. The Labute approximate surface area is 111 Å². The van der Waals surface area contributed by atoms with E-state index in [9.17, 15) is 18.0 Å². The Morgan fingerprint density at radius 2 is 2.00 bits per heavy atom. The Bertz CT molecular complexity index is 280. The molecule has 112 valence electrons. The molecule has 1 aliphatic heterocycles. The number of hydrogen-bond donors (Lipinski definition) is 2. The molecular weight excluding hydrogens is 261 g/mol. The van der Waals surface area contributed by atoms with Crippen LogP contribution in [0.3, 0.4) is 0 Å². The molecule has 1 aliphatic rings. The van der Waals surface area contributed by atoms with E-state index in [4.69, 9.17) is 0 Å². The average molecular weight is 282 g/mol. The number of amides is 1. The minimum absolute atomic E-state index is 0.0117. The largest absolute Gasteiger partial charge is 0.405 e. The van der Waals surface area contributed by atoms with E-state index in [-0.39, 0.29) is 6.54 Å². The molecule has 0 aromatic rings. The van der Waals surface area contributed by atoms with Gasteiger partial charge >= 0.3 is 6.18 Å². The molecule has 0 atom stereocenters. The normalized spacial score (nSPS) is 17.7. The number of nitrogens with zero attached hydrogens (tertiary/aromatic N) is 2. The molecule has 2 N–H and O–H groups in total. The molecule has 0 bridgehead atoms. The number of rotatable bonds is 6. The minimum atomic E-state index is -4.35. The van der Waals surface area contributed by atoms with E-state index in [0.29, 0.717) is 6.54 Å². The first-order chi connectivity index (χ1) is 8.87. The van der Waals surface area contributed by atoms with Crippen LogP contribution < -0.4 is 10.6 Å². The fourth-order valence-corrected chi connectivity index (χ4v) is 1.83. The topological polar surface area (TPSA) is 47.6 Å². The zero-order valence-electron chi connectivity index (χ0n) is 11.1. The molecule has 0 radical (unpaired) electrons. The lowest BCUT2D eigenvalue weighted by atomic mass is 10.3. The number of carbonyl (C=O) groups excluding carboxylic acids is 1. The second-order valence-electron chi connectivity index (χ2n) is 4.72. The van der Waals surface area contributed by atoms with E-state index in [1.165, 1.54) is 0 Å².